The van der Waals surface area contributed by atoms with Crippen LogP contribution in [0.25, 0.3) is 0 Å². The predicted molar refractivity (Wildman–Crippen MR) is 87.7 cm³/mol. The molecule has 2 rings (SSSR count). The molecule has 0 bridgehead atoms. The van der Waals surface area contributed by atoms with Crippen molar-refractivity contribution in [3.05, 3.63) is 35.4 Å². The third kappa shape index (κ3) is 4.19. The molecular formula is C18H20O8. The number of ether oxygens (including phenoxy) is 2. The van der Waals surface area contributed by atoms with E-state index in [0.717, 1.165) is 0 Å². The van der Waals surface area contributed by atoms with Crippen molar-refractivity contribution in [3.63, 3.8) is 0 Å². The molecule has 3 unspecified atom stereocenters. The fourth-order valence-corrected chi connectivity index (χ4v) is 3.37. The number of esters is 2. The molecule has 0 heterocycles. The van der Waals surface area contributed by atoms with Crippen LogP contribution in [0.5, 0.6) is 0 Å². The van der Waals surface area contributed by atoms with E-state index in [0.29, 0.717) is 19.3 Å². The number of benzene rings is 1. The minimum Gasteiger partial charge on any atom is -0.481 e. The lowest BCUT2D eigenvalue weighted by Gasteiger charge is -2.33. The Bertz CT molecular complexity index is 711. The molecule has 0 spiro atoms. The molecule has 8 heteroatoms. The summed E-state index contributed by atoms with van der Waals surface area (Å²) < 4.78 is 9.86. The van der Waals surface area contributed by atoms with Gasteiger partial charge in [-0.2, -0.15) is 0 Å². The van der Waals surface area contributed by atoms with Crippen molar-refractivity contribution < 1.29 is 38.9 Å². The van der Waals surface area contributed by atoms with E-state index < -0.39 is 41.6 Å². The van der Waals surface area contributed by atoms with Crippen LogP contribution in [-0.2, 0) is 19.1 Å². The van der Waals surface area contributed by atoms with Crippen molar-refractivity contribution in [2.24, 2.45) is 17.8 Å². The zero-order valence-electron chi connectivity index (χ0n) is 14.2. The van der Waals surface area contributed by atoms with Gasteiger partial charge in [-0.1, -0.05) is 18.6 Å². The number of methoxy groups -OCH3 is 1. The van der Waals surface area contributed by atoms with Crippen LogP contribution >= 0.6 is 0 Å². The van der Waals surface area contributed by atoms with Gasteiger partial charge in [0, 0.05) is 5.92 Å². The number of carbonyl (C=O) groups excluding carboxylic acids is 2. The van der Waals surface area contributed by atoms with E-state index in [-0.39, 0.29) is 17.7 Å². The monoisotopic (exact) mass is 364 g/mol. The number of hydrogen-bond acceptors (Lipinski definition) is 6. The molecule has 140 valence electrons. The largest absolute Gasteiger partial charge is 0.481 e. The van der Waals surface area contributed by atoms with Crippen LogP contribution in [-0.4, -0.2) is 47.8 Å². The van der Waals surface area contributed by atoms with Gasteiger partial charge in [-0.3, -0.25) is 9.59 Å². The Morgan fingerprint density at radius 2 is 1.73 bits per heavy atom. The van der Waals surface area contributed by atoms with E-state index >= 15 is 0 Å². The highest BCUT2D eigenvalue weighted by Crippen LogP contribution is 2.36. The maximum atomic E-state index is 12.2. The minimum absolute atomic E-state index is 0.104. The SMILES string of the molecule is COC(=O)C1CCCC(COC(=O)c2ccccc2C(=O)O)C1C(=O)O. The summed E-state index contributed by atoms with van der Waals surface area (Å²) in [7, 11) is 1.20. The molecular weight excluding hydrogens is 344 g/mol. The Hall–Kier alpha value is -2.90. The van der Waals surface area contributed by atoms with Gasteiger partial charge in [0.15, 0.2) is 0 Å². The molecule has 0 radical (unpaired) electrons. The van der Waals surface area contributed by atoms with Gasteiger partial charge in [0.05, 0.1) is 36.7 Å². The number of carbonyl (C=O) groups is 4. The summed E-state index contributed by atoms with van der Waals surface area (Å²) in [6, 6.07) is 5.62. The van der Waals surface area contributed by atoms with E-state index in [1.165, 1.54) is 31.4 Å². The van der Waals surface area contributed by atoms with E-state index in [4.69, 9.17) is 9.84 Å². The molecule has 0 saturated heterocycles. The number of aliphatic carboxylic acids is 1. The molecule has 2 N–H and O–H groups in total. The average Bonchev–Trinajstić information content (AvgIpc) is 2.64. The molecule has 26 heavy (non-hydrogen) atoms. The molecule has 1 aromatic rings. The number of rotatable bonds is 6. The summed E-state index contributed by atoms with van der Waals surface area (Å²) in [5, 5.41) is 18.6. The van der Waals surface area contributed by atoms with Crippen LogP contribution in [0, 0.1) is 17.8 Å². The highest BCUT2D eigenvalue weighted by molar-refractivity contribution is 6.02. The molecule has 1 aliphatic rings. The standard InChI is InChI=1S/C18H20O8/c1-25-17(23)13-8-4-5-10(14(13)16(21)22)9-26-18(24)12-7-3-2-6-11(12)15(19)20/h2-3,6-7,10,13-14H,4-5,8-9H2,1H3,(H,19,20)(H,21,22). The molecule has 3 atom stereocenters. The Kier molecular flexibility index (Phi) is 6.32. The van der Waals surface area contributed by atoms with Gasteiger partial charge in [-0.05, 0) is 25.0 Å². The smallest absolute Gasteiger partial charge is 0.339 e. The van der Waals surface area contributed by atoms with Crippen LogP contribution in [0.15, 0.2) is 24.3 Å². The maximum absolute atomic E-state index is 12.2. The number of aromatic carboxylic acids is 1. The summed E-state index contributed by atoms with van der Waals surface area (Å²) in [5.41, 5.74) is -0.296. The fourth-order valence-electron chi connectivity index (χ4n) is 3.37. The quantitative estimate of drug-likeness (QED) is 0.732. The first-order chi connectivity index (χ1) is 12.4. The normalized spacial score (nSPS) is 22.3. The molecule has 1 aliphatic carbocycles. The van der Waals surface area contributed by atoms with Crippen LogP contribution in [0.3, 0.4) is 0 Å². The van der Waals surface area contributed by atoms with Crippen molar-refractivity contribution >= 4 is 23.9 Å². The highest BCUT2D eigenvalue weighted by atomic mass is 16.5. The van der Waals surface area contributed by atoms with Gasteiger partial charge in [-0.25, -0.2) is 9.59 Å². The Morgan fingerprint density at radius 1 is 1.08 bits per heavy atom. The maximum Gasteiger partial charge on any atom is 0.339 e. The summed E-state index contributed by atoms with van der Waals surface area (Å²) in [6.45, 7) is -0.211. The van der Waals surface area contributed by atoms with Gasteiger partial charge < -0.3 is 19.7 Å². The lowest BCUT2D eigenvalue weighted by molar-refractivity contribution is -0.161. The van der Waals surface area contributed by atoms with Crippen molar-refractivity contribution in [1.82, 2.24) is 0 Å². The summed E-state index contributed by atoms with van der Waals surface area (Å²) in [6.07, 6.45) is 1.49. The van der Waals surface area contributed by atoms with Gasteiger partial charge in [0.2, 0.25) is 0 Å². The van der Waals surface area contributed by atoms with E-state index in [1.54, 1.807) is 0 Å². The number of hydrogen-bond donors (Lipinski definition) is 2. The summed E-state index contributed by atoms with van der Waals surface area (Å²) in [4.78, 5) is 46.9. The predicted octanol–water partition coefficient (Wildman–Crippen LogP) is 1.83. The third-order valence-electron chi connectivity index (χ3n) is 4.63. The minimum atomic E-state index is -1.26. The Labute approximate surface area is 149 Å². The van der Waals surface area contributed by atoms with Gasteiger partial charge in [0.25, 0.3) is 0 Å². The summed E-state index contributed by atoms with van der Waals surface area (Å²) >= 11 is 0. The lowest BCUT2D eigenvalue weighted by Crippen LogP contribution is -2.41. The second kappa shape index (κ2) is 8.46. The summed E-state index contributed by atoms with van der Waals surface area (Å²) in [5.74, 6) is -6.19. The highest BCUT2D eigenvalue weighted by Gasteiger charge is 2.43. The van der Waals surface area contributed by atoms with Crippen molar-refractivity contribution in [2.75, 3.05) is 13.7 Å². The number of carboxylic acids is 2. The van der Waals surface area contributed by atoms with E-state index in [9.17, 15) is 24.3 Å². The third-order valence-corrected chi connectivity index (χ3v) is 4.63. The lowest BCUT2D eigenvalue weighted by atomic mass is 9.72. The van der Waals surface area contributed by atoms with Crippen molar-refractivity contribution in [2.45, 2.75) is 19.3 Å². The van der Waals surface area contributed by atoms with E-state index in [1.807, 2.05) is 0 Å². The van der Waals surface area contributed by atoms with E-state index in [2.05, 4.69) is 4.74 Å². The molecule has 0 amide bonds. The van der Waals surface area contributed by atoms with Crippen LogP contribution in [0.1, 0.15) is 40.0 Å². The molecule has 1 aromatic carbocycles. The van der Waals surface area contributed by atoms with Crippen LogP contribution < -0.4 is 0 Å². The van der Waals surface area contributed by atoms with Crippen molar-refractivity contribution in [1.29, 1.82) is 0 Å². The second-order valence-electron chi connectivity index (χ2n) is 6.13. The Morgan fingerprint density at radius 3 is 2.31 bits per heavy atom. The second-order valence-corrected chi connectivity index (χ2v) is 6.13. The van der Waals surface area contributed by atoms with Gasteiger partial charge >= 0.3 is 23.9 Å². The van der Waals surface area contributed by atoms with Crippen molar-refractivity contribution in [3.8, 4) is 0 Å². The fraction of sp³-hybridized carbons (Fsp3) is 0.444. The zero-order valence-corrected chi connectivity index (χ0v) is 14.2. The molecule has 0 aromatic heterocycles. The molecule has 1 saturated carbocycles. The zero-order chi connectivity index (χ0) is 19.3. The molecule has 1 fully saturated rings. The average molecular weight is 364 g/mol. The number of carboxylic acid groups (broad SMARTS) is 2. The van der Waals surface area contributed by atoms with Gasteiger partial charge in [-0.15, -0.1) is 0 Å². The first kappa shape index (κ1) is 19.4. The van der Waals surface area contributed by atoms with Gasteiger partial charge in [0.1, 0.15) is 0 Å². The molecule has 8 nitrogen and oxygen atoms in total. The first-order valence-corrected chi connectivity index (χ1v) is 8.16. The topological polar surface area (TPSA) is 127 Å². The Balaban J connectivity index is 2.12. The first-order valence-electron chi connectivity index (χ1n) is 8.16. The van der Waals surface area contributed by atoms with Crippen LogP contribution in [0.4, 0.5) is 0 Å². The molecule has 0 aliphatic heterocycles. The van der Waals surface area contributed by atoms with Crippen LogP contribution in [0.2, 0.25) is 0 Å².